The number of ether oxygens (including phenoxy) is 2. The van der Waals surface area contributed by atoms with Gasteiger partial charge in [0.1, 0.15) is 5.75 Å². The van der Waals surface area contributed by atoms with Crippen LogP contribution in [0, 0.1) is 5.82 Å². The Morgan fingerprint density at radius 2 is 2.10 bits per heavy atom. The van der Waals surface area contributed by atoms with Gasteiger partial charge < -0.3 is 15.2 Å². The van der Waals surface area contributed by atoms with Crippen molar-refractivity contribution in [1.82, 2.24) is 0 Å². The monoisotopic (exact) mass is 273 g/mol. The van der Waals surface area contributed by atoms with E-state index in [1.165, 1.54) is 17.2 Å². The van der Waals surface area contributed by atoms with Crippen LogP contribution >= 0.6 is 0 Å². The van der Waals surface area contributed by atoms with Crippen LogP contribution in [0.5, 0.6) is 11.5 Å². The second-order valence-corrected chi connectivity index (χ2v) is 4.83. The third-order valence-corrected chi connectivity index (χ3v) is 3.36. The molecule has 0 fully saturated rings. The molecule has 20 heavy (non-hydrogen) atoms. The fourth-order valence-corrected chi connectivity index (χ4v) is 2.31. The molecule has 1 aliphatic heterocycles. The maximum atomic E-state index is 13.5. The summed E-state index contributed by atoms with van der Waals surface area (Å²) in [6, 6.07) is 10.6. The first-order valence-corrected chi connectivity index (χ1v) is 6.65. The molecule has 3 nitrogen and oxygen atoms in total. The molecule has 1 aliphatic rings. The number of fused-ring (bicyclic) bond motifs is 1. The molecule has 0 bridgehead atoms. The molecule has 0 amide bonds. The summed E-state index contributed by atoms with van der Waals surface area (Å²) in [4.78, 5) is 0. The fraction of sp³-hybridized carbons (Fsp3) is 0.250. The van der Waals surface area contributed by atoms with Gasteiger partial charge in [0.15, 0.2) is 11.6 Å². The van der Waals surface area contributed by atoms with Crippen molar-refractivity contribution in [3.05, 3.63) is 53.3 Å². The van der Waals surface area contributed by atoms with Gasteiger partial charge >= 0.3 is 0 Å². The van der Waals surface area contributed by atoms with Gasteiger partial charge in [0.05, 0.1) is 13.2 Å². The standard InChI is InChI=1S/C16H16FNO2/c17-14-10-13(18)2-4-16(14)20-7-5-11-1-3-15-12(9-11)6-8-19-15/h1-4,9-10H,5-8,18H2. The van der Waals surface area contributed by atoms with Gasteiger partial charge in [-0.2, -0.15) is 0 Å². The maximum Gasteiger partial charge on any atom is 0.167 e. The molecule has 3 rings (SSSR count). The van der Waals surface area contributed by atoms with Crippen LogP contribution in [0.15, 0.2) is 36.4 Å². The number of hydrogen-bond donors (Lipinski definition) is 1. The molecule has 2 aromatic rings. The van der Waals surface area contributed by atoms with Crippen LogP contribution in [-0.4, -0.2) is 13.2 Å². The third kappa shape index (κ3) is 2.69. The Bertz CT molecular complexity index is 628. The lowest BCUT2D eigenvalue weighted by Crippen LogP contribution is -2.03. The molecule has 104 valence electrons. The van der Waals surface area contributed by atoms with Crippen molar-refractivity contribution in [2.75, 3.05) is 18.9 Å². The zero-order valence-corrected chi connectivity index (χ0v) is 11.1. The van der Waals surface area contributed by atoms with Gasteiger partial charge in [-0.25, -0.2) is 4.39 Å². The number of rotatable bonds is 4. The highest BCUT2D eigenvalue weighted by molar-refractivity contribution is 5.43. The first-order valence-electron chi connectivity index (χ1n) is 6.65. The molecule has 0 aromatic heterocycles. The van der Waals surface area contributed by atoms with Gasteiger partial charge in [-0.1, -0.05) is 12.1 Å². The smallest absolute Gasteiger partial charge is 0.167 e. The van der Waals surface area contributed by atoms with Gasteiger partial charge in [0.2, 0.25) is 0 Å². The second-order valence-electron chi connectivity index (χ2n) is 4.83. The number of hydrogen-bond acceptors (Lipinski definition) is 3. The van der Waals surface area contributed by atoms with Crippen molar-refractivity contribution in [2.45, 2.75) is 12.8 Å². The summed E-state index contributed by atoms with van der Waals surface area (Å²) in [6.45, 7) is 1.19. The maximum absolute atomic E-state index is 13.5. The molecule has 0 spiro atoms. The SMILES string of the molecule is Nc1ccc(OCCc2ccc3c(c2)CCO3)c(F)c1. The average Bonchev–Trinajstić information content (AvgIpc) is 2.89. The Kier molecular flexibility index (Phi) is 3.46. The lowest BCUT2D eigenvalue weighted by molar-refractivity contribution is 0.305. The minimum Gasteiger partial charge on any atom is -0.493 e. The van der Waals surface area contributed by atoms with Crippen molar-refractivity contribution >= 4 is 5.69 Å². The van der Waals surface area contributed by atoms with Crippen molar-refractivity contribution in [3.8, 4) is 11.5 Å². The Labute approximate surface area is 117 Å². The minimum atomic E-state index is -0.424. The summed E-state index contributed by atoms with van der Waals surface area (Å²) in [5, 5.41) is 0. The number of nitrogen functional groups attached to an aromatic ring is 1. The topological polar surface area (TPSA) is 44.5 Å². The molecule has 0 aliphatic carbocycles. The highest BCUT2D eigenvalue weighted by atomic mass is 19.1. The predicted molar refractivity (Wildman–Crippen MR) is 75.7 cm³/mol. The zero-order valence-electron chi connectivity index (χ0n) is 11.1. The van der Waals surface area contributed by atoms with E-state index in [9.17, 15) is 4.39 Å². The Balaban J connectivity index is 1.60. The molecule has 0 radical (unpaired) electrons. The van der Waals surface area contributed by atoms with Crippen LogP contribution in [0.1, 0.15) is 11.1 Å². The van der Waals surface area contributed by atoms with Crippen molar-refractivity contribution in [2.24, 2.45) is 0 Å². The normalized spacial score (nSPS) is 12.8. The Morgan fingerprint density at radius 1 is 1.20 bits per heavy atom. The van der Waals surface area contributed by atoms with E-state index in [-0.39, 0.29) is 5.75 Å². The van der Waals surface area contributed by atoms with Gasteiger partial charge in [-0.3, -0.25) is 0 Å². The highest BCUT2D eigenvalue weighted by Crippen LogP contribution is 2.26. The molecular formula is C16H16FNO2. The largest absolute Gasteiger partial charge is 0.493 e. The summed E-state index contributed by atoms with van der Waals surface area (Å²) >= 11 is 0. The number of halogens is 1. The average molecular weight is 273 g/mol. The second kappa shape index (κ2) is 5.41. The van der Waals surface area contributed by atoms with Crippen LogP contribution in [0.4, 0.5) is 10.1 Å². The lowest BCUT2D eigenvalue weighted by atomic mass is 10.1. The van der Waals surface area contributed by atoms with E-state index < -0.39 is 5.82 Å². The summed E-state index contributed by atoms with van der Waals surface area (Å²) in [5.74, 6) is 0.787. The van der Waals surface area contributed by atoms with Gasteiger partial charge in [0, 0.05) is 24.6 Å². The Hall–Kier alpha value is -2.23. The van der Waals surface area contributed by atoms with Crippen LogP contribution in [0.2, 0.25) is 0 Å². The van der Waals surface area contributed by atoms with Crippen LogP contribution in [-0.2, 0) is 12.8 Å². The van der Waals surface area contributed by atoms with Gasteiger partial charge in [-0.05, 0) is 29.3 Å². The van der Waals surface area contributed by atoms with Crippen molar-refractivity contribution < 1.29 is 13.9 Å². The molecule has 4 heteroatoms. The summed E-state index contributed by atoms with van der Waals surface area (Å²) in [6.07, 6.45) is 1.69. The summed E-state index contributed by atoms with van der Waals surface area (Å²) in [7, 11) is 0. The van der Waals surface area contributed by atoms with Crippen LogP contribution in [0.25, 0.3) is 0 Å². The van der Waals surface area contributed by atoms with E-state index in [4.69, 9.17) is 15.2 Å². The number of nitrogens with two attached hydrogens (primary N) is 1. The quantitative estimate of drug-likeness (QED) is 0.871. The molecule has 0 saturated carbocycles. The van der Waals surface area contributed by atoms with Gasteiger partial charge in [0.25, 0.3) is 0 Å². The molecule has 0 saturated heterocycles. The Morgan fingerprint density at radius 3 is 2.95 bits per heavy atom. The molecule has 0 unspecified atom stereocenters. The van der Waals surface area contributed by atoms with E-state index in [1.54, 1.807) is 12.1 Å². The molecule has 0 atom stereocenters. The number of benzene rings is 2. The van der Waals surface area contributed by atoms with Crippen molar-refractivity contribution in [3.63, 3.8) is 0 Å². The van der Waals surface area contributed by atoms with E-state index in [0.717, 1.165) is 25.2 Å². The lowest BCUT2D eigenvalue weighted by Gasteiger charge is -2.08. The van der Waals surface area contributed by atoms with Crippen LogP contribution in [0.3, 0.4) is 0 Å². The van der Waals surface area contributed by atoms with E-state index in [1.807, 2.05) is 12.1 Å². The van der Waals surface area contributed by atoms with E-state index in [2.05, 4.69) is 6.07 Å². The minimum absolute atomic E-state index is 0.240. The van der Waals surface area contributed by atoms with Crippen molar-refractivity contribution in [1.29, 1.82) is 0 Å². The predicted octanol–water partition coefficient (Wildman–Crippen LogP) is 2.96. The van der Waals surface area contributed by atoms with E-state index in [0.29, 0.717) is 12.3 Å². The number of anilines is 1. The molecule has 2 aromatic carbocycles. The molecule has 1 heterocycles. The first-order chi connectivity index (χ1) is 9.72. The molecular weight excluding hydrogens is 257 g/mol. The third-order valence-electron chi connectivity index (χ3n) is 3.36. The summed E-state index contributed by atoms with van der Waals surface area (Å²) in [5.41, 5.74) is 8.30. The molecule has 2 N–H and O–H groups in total. The highest BCUT2D eigenvalue weighted by Gasteiger charge is 2.12. The zero-order chi connectivity index (χ0) is 13.9. The van der Waals surface area contributed by atoms with Gasteiger partial charge in [-0.15, -0.1) is 0 Å². The van der Waals surface area contributed by atoms with Crippen LogP contribution < -0.4 is 15.2 Å². The first kappa shape index (κ1) is 12.8. The fourth-order valence-electron chi connectivity index (χ4n) is 2.31. The van der Waals surface area contributed by atoms with E-state index >= 15 is 0 Å². The summed E-state index contributed by atoms with van der Waals surface area (Å²) < 4.78 is 24.4.